The fourth-order valence-corrected chi connectivity index (χ4v) is 3.74. The molecule has 0 atom stereocenters. The van der Waals surface area contributed by atoms with Crippen molar-refractivity contribution >= 4 is 23.2 Å². The molecule has 5 rings (SSSR count). The number of anilines is 2. The lowest BCUT2D eigenvalue weighted by molar-refractivity contribution is -0.117. The highest BCUT2D eigenvalue weighted by atomic mass is 16.2. The van der Waals surface area contributed by atoms with Gasteiger partial charge in [0, 0.05) is 26.6 Å². The number of pyridine rings is 1. The Morgan fingerprint density at radius 1 is 1.10 bits per heavy atom. The average molecular weight is 396 g/mol. The summed E-state index contributed by atoms with van der Waals surface area (Å²) in [5.74, 6) is 1.61. The smallest absolute Gasteiger partial charge is 0.228 e. The standard InChI is InChI=1S/C21H25N7O.2H2/c1-27-10-7-16(8-11-27)24-18-4-5-20-23-13-17(28(20)26-18)15-6-9-22-19(12-15)25-21(29)14-2-3-14;;/h4-6,9,12-14,16H,2-3,7-8,10-11H2,1H3,(H,24,26)(H,22,25,29);2*1H. The monoisotopic (exact) mass is 395 g/mol. The Morgan fingerprint density at radius 2 is 1.93 bits per heavy atom. The maximum absolute atomic E-state index is 12.0. The number of aromatic nitrogens is 4. The quantitative estimate of drug-likeness (QED) is 0.690. The number of piperidine rings is 1. The van der Waals surface area contributed by atoms with E-state index in [0.29, 0.717) is 11.9 Å². The topological polar surface area (TPSA) is 87.5 Å². The molecule has 29 heavy (non-hydrogen) atoms. The molecule has 0 bridgehead atoms. The van der Waals surface area contributed by atoms with E-state index < -0.39 is 0 Å². The van der Waals surface area contributed by atoms with Gasteiger partial charge in [-0.25, -0.2) is 14.5 Å². The summed E-state index contributed by atoms with van der Waals surface area (Å²) in [7, 11) is 2.16. The molecule has 1 aliphatic carbocycles. The van der Waals surface area contributed by atoms with E-state index >= 15 is 0 Å². The zero-order valence-electron chi connectivity index (χ0n) is 16.5. The van der Waals surface area contributed by atoms with Crippen molar-refractivity contribution in [3.05, 3.63) is 36.7 Å². The molecular weight excluding hydrogens is 366 g/mol. The molecule has 4 heterocycles. The highest BCUT2D eigenvalue weighted by Crippen LogP contribution is 2.30. The molecule has 1 saturated heterocycles. The third-order valence-corrected chi connectivity index (χ3v) is 5.69. The predicted molar refractivity (Wildman–Crippen MR) is 116 cm³/mol. The van der Waals surface area contributed by atoms with Crippen LogP contribution < -0.4 is 10.6 Å². The van der Waals surface area contributed by atoms with Crippen molar-refractivity contribution in [1.29, 1.82) is 0 Å². The van der Waals surface area contributed by atoms with Crippen LogP contribution in [0.4, 0.5) is 11.6 Å². The van der Waals surface area contributed by atoms with Gasteiger partial charge in [0.05, 0.1) is 11.9 Å². The van der Waals surface area contributed by atoms with Gasteiger partial charge in [-0.2, -0.15) is 0 Å². The summed E-state index contributed by atoms with van der Waals surface area (Å²) in [6, 6.07) is 8.19. The van der Waals surface area contributed by atoms with Gasteiger partial charge in [-0.05, 0) is 70.1 Å². The van der Waals surface area contributed by atoms with Crippen molar-refractivity contribution in [3.63, 3.8) is 0 Å². The van der Waals surface area contributed by atoms with Crippen LogP contribution in [-0.4, -0.2) is 56.6 Å². The molecular formula is C21H29N7O. The van der Waals surface area contributed by atoms with Crippen LogP contribution in [0.25, 0.3) is 16.9 Å². The Morgan fingerprint density at radius 3 is 2.72 bits per heavy atom. The molecule has 154 valence electrons. The molecule has 3 aromatic heterocycles. The van der Waals surface area contributed by atoms with Gasteiger partial charge in [-0.1, -0.05) is 0 Å². The number of rotatable bonds is 5. The number of hydrogen-bond donors (Lipinski definition) is 2. The Bertz CT molecular complexity index is 1050. The van der Waals surface area contributed by atoms with Crippen molar-refractivity contribution in [2.45, 2.75) is 31.7 Å². The molecule has 0 spiro atoms. The van der Waals surface area contributed by atoms with Crippen molar-refractivity contribution in [3.8, 4) is 11.3 Å². The van der Waals surface area contributed by atoms with Crippen LogP contribution in [0.2, 0.25) is 0 Å². The number of hydrogen-bond acceptors (Lipinski definition) is 6. The Kier molecular flexibility index (Phi) is 4.63. The number of nitrogens with one attached hydrogen (secondary N) is 2. The van der Waals surface area contributed by atoms with E-state index in [9.17, 15) is 4.79 Å². The lowest BCUT2D eigenvalue weighted by Crippen LogP contribution is -2.36. The molecule has 8 nitrogen and oxygen atoms in total. The lowest BCUT2D eigenvalue weighted by Gasteiger charge is -2.29. The van der Waals surface area contributed by atoms with Crippen molar-refractivity contribution in [1.82, 2.24) is 24.5 Å². The molecule has 0 aromatic carbocycles. The van der Waals surface area contributed by atoms with Gasteiger partial charge < -0.3 is 15.5 Å². The van der Waals surface area contributed by atoms with Gasteiger partial charge in [0.2, 0.25) is 5.91 Å². The minimum Gasteiger partial charge on any atom is -0.366 e. The van der Waals surface area contributed by atoms with Crippen molar-refractivity contribution in [2.75, 3.05) is 30.8 Å². The van der Waals surface area contributed by atoms with Crippen LogP contribution in [-0.2, 0) is 4.79 Å². The van der Waals surface area contributed by atoms with Crippen molar-refractivity contribution < 1.29 is 7.65 Å². The summed E-state index contributed by atoms with van der Waals surface area (Å²) in [5.41, 5.74) is 2.58. The van der Waals surface area contributed by atoms with Crippen LogP contribution in [0.3, 0.4) is 0 Å². The molecule has 0 unspecified atom stereocenters. The van der Waals surface area contributed by atoms with E-state index in [4.69, 9.17) is 5.10 Å². The maximum Gasteiger partial charge on any atom is 0.228 e. The number of fused-ring (bicyclic) bond motifs is 1. The second-order valence-corrected chi connectivity index (χ2v) is 8.05. The fraction of sp³-hybridized carbons (Fsp3) is 0.429. The first-order valence-electron chi connectivity index (χ1n) is 10.2. The Labute approximate surface area is 172 Å². The minimum atomic E-state index is 0. The minimum absolute atomic E-state index is 0. The van der Waals surface area contributed by atoms with Crippen molar-refractivity contribution in [2.24, 2.45) is 5.92 Å². The summed E-state index contributed by atoms with van der Waals surface area (Å²) < 4.78 is 1.85. The van der Waals surface area contributed by atoms with Gasteiger partial charge in [0.15, 0.2) is 5.65 Å². The molecule has 3 aromatic rings. The average Bonchev–Trinajstić information content (AvgIpc) is 3.50. The predicted octanol–water partition coefficient (Wildman–Crippen LogP) is 3.14. The fourth-order valence-electron chi connectivity index (χ4n) is 3.74. The number of amides is 1. The molecule has 1 aliphatic heterocycles. The highest BCUT2D eigenvalue weighted by Gasteiger charge is 2.29. The van der Waals surface area contributed by atoms with Crippen LogP contribution >= 0.6 is 0 Å². The van der Waals surface area contributed by atoms with E-state index in [2.05, 4.69) is 32.5 Å². The first-order chi connectivity index (χ1) is 14.2. The lowest BCUT2D eigenvalue weighted by atomic mass is 10.1. The van der Waals surface area contributed by atoms with E-state index in [0.717, 1.165) is 61.5 Å². The first kappa shape index (κ1) is 18.1. The molecule has 0 radical (unpaired) electrons. The van der Waals surface area contributed by atoms with E-state index in [-0.39, 0.29) is 14.7 Å². The summed E-state index contributed by atoms with van der Waals surface area (Å²) in [4.78, 5) is 23.2. The SMILES string of the molecule is CN1CCC(Nc2ccc3ncc(-c4ccnc(NC(=O)C5CC5)c4)n3n2)CC1.[HH].[HH]. The van der Waals surface area contributed by atoms with Gasteiger partial charge in [-0.15, -0.1) is 5.10 Å². The molecule has 1 amide bonds. The first-order valence-corrected chi connectivity index (χ1v) is 10.2. The van der Waals surface area contributed by atoms with Gasteiger partial charge in [-0.3, -0.25) is 4.79 Å². The summed E-state index contributed by atoms with van der Waals surface area (Å²) in [6.45, 7) is 2.20. The molecule has 2 N–H and O–H groups in total. The van der Waals surface area contributed by atoms with Crippen LogP contribution in [0.15, 0.2) is 36.7 Å². The summed E-state index contributed by atoms with van der Waals surface area (Å²) in [5, 5.41) is 11.2. The number of carbonyl (C=O) groups excluding carboxylic acids is 1. The normalized spacial score (nSPS) is 18.1. The zero-order valence-corrected chi connectivity index (χ0v) is 16.5. The van der Waals surface area contributed by atoms with Crippen LogP contribution in [0.5, 0.6) is 0 Å². The van der Waals surface area contributed by atoms with E-state index in [1.54, 1.807) is 6.20 Å². The molecule has 2 fully saturated rings. The molecule has 8 heteroatoms. The Balaban J connectivity index is 0.00000136. The summed E-state index contributed by atoms with van der Waals surface area (Å²) >= 11 is 0. The molecule has 2 aliphatic rings. The van der Waals surface area contributed by atoms with Crippen LogP contribution in [0.1, 0.15) is 28.5 Å². The zero-order chi connectivity index (χ0) is 19.8. The second kappa shape index (κ2) is 7.44. The highest BCUT2D eigenvalue weighted by molar-refractivity contribution is 5.93. The second-order valence-electron chi connectivity index (χ2n) is 8.05. The largest absolute Gasteiger partial charge is 0.366 e. The van der Waals surface area contributed by atoms with Gasteiger partial charge >= 0.3 is 0 Å². The maximum atomic E-state index is 12.0. The third kappa shape index (κ3) is 3.93. The number of likely N-dealkylation sites (tertiary alicyclic amines) is 1. The van der Waals surface area contributed by atoms with E-state index in [1.807, 2.05) is 35.0 Å². The third-order valence-electron chi connectivity index (χ3n) is 5.69. The number of carbonyl (C=O) groups is 1. The number of nitrogens with zero attached hydrogens (tertiary/aromatic N) is 5. The van der Waals surface area contributed by atoms with Crippen LogP contribution in [0, 0.1) is 5.92 Å². The number of imidazole rings is 1. The molecule has 1 saturated carbocycles. The summed E-state index contributed by atoms with van der Waals surface area (Å²) in [6.07, 6.45) is 7.68. The Hall–Kier alpha value is -3.00. The van der Waals surface area contributed by atoms with E-state index in [1.165, 1.54) is 0 Å². The van der Waals surface area contributed by atoms with Gasteiger partial charge in [0.1, 0.15) is 11.6 Å². The van der Waals surface area contributed by atoms with Gasteiger partial charge in [0.25, 0.3) is 0 Å².